The molecule has 0 amide bonds. The molecule has 0 saturated carbocycles. The Hall–Kier alpha value is -1.60. The Morgan fingerprint density at radius 1 is 1.56 bits per heavy atom. The molecule has 0 unspecified atom stereocenters. The second-order valence-electron chi connectivity index (χ2n) is 3.76. The Balaban J connectivity index is 2.21. The summed E-state index contributed by atoms with van der Waals surface area (Å²) in [6, 6.07) is 3.60. The third kappa shape index (κ3) is 2.62. The molecule has 2 aromatic rings. The number of rotatable bonds is 4. The second kappa shape index (κ2) is 5.36. The van der Waals surface area contributed by atoms with E-state index in [1.807, 2.05) is 6.92 Å². The van der Waals surface area contributed by atoms with Crippen LogP contribution in [0.1, 0.15) is 25.5 Å². The molecule has 1 atom stereocenters. The Labute approximate surface area is 108 Å². The quantitative estimate of drug-likeness (QED) is 0.868. The predicted octanol–water partition coefficient (Wildman–Crippen LogP) is 1.19. The Kier molecular flexibility index (Phi) is 3.83. The Morgan fingerprint density at radius 2 is 2.33 bits per heavy atom. The molecule has 2 rings (SSSR count). The van der Waals surface area contributed by atoms with Crippen LogP contribution in [0.5, 0.6) is 0 Å². The second-order valence-corrected chi connectivity index (χ2v) is 4.75. The van der Waals surface area contributed by atoms with Crippen LogP contribution in [0.3, 0.4) is 0 Å². The number of aliphatic hydroxyl groups excluding tert-OH is 1. The van der Waals surface area contributed by atoms with Crippen LogP contribution in [-0.4, -0.2) is 24.9 Å². The Morgan fingerprint density at radius 3 is 2.89 bits per heavy atom. The van der Waals surface area contributed by atoms with Crippen LogP contribution in [0.2, 0.25) is 0 Å². The first kappa shape index (κ1) is 12.8. The zero-order valence-corrected chi connectivity index (χ0v) is 10.9. The molecule has 0 fully saturated rings. The summed E-state index contributed by atoms with van der Waals surface area (Å²) in [4.78, 5) is 15.6. The van der Waals surface area contributed by atoms with Gasteiger partial charge in [-0.25, -0.2) is 14.9 Å². The predicted molar refractivity (Wildman–Crippen MR) is 67.5 cm³/mol. The van der Waals surface area contributed by atoms with Crippen molar-refractivity contribution in [1.29, 1.82) is 0 Å². The van der Waals surface area contributed by atoms with Crippen LogP contribution in [0, 0.1) is 0 Å². The van der Waals surface area contributed by atoms with Crippen LogP contribution in [0.15, 0.2) is 33.3 Å². The molecule has 0 aromatic carbocycles. The van der Waals surface area contributed by atoms with E-state index in [-0.39, 0.29) is 5.69 Å². The Bertz CT molecular complexity index is 573. The fraction of sp³-hybridized carbons (Fsp3) is 0.364. The number of aromatic nitrogens is 4. The lowest BCUT2D eigenvalue weighted by molar-refractivity contribution is 0.198. The van der Waals surface area contributed by atoms with Crippen LogP contribution >= 0.6 is 11.8 Å². The lowest BCUT2D eigenvalue weighted by Gasteiger charge is -2.05. The van der Waals surface area contributed by atoms with E-state index in [0.717, 1.165) is 10.6 Å². The number of nitrogens with one attached hydrogen (secondary N) is 1. The topological polar surface area (TPSA) is 83.8 Å². The summed E-state index contributed by atoms with van der Waals surface area (Å²) in [5, 5.41) is 17.0. The van der Waals surface area contributed by atoms with Gasteiger partial charge in [0.1, 0.15) is 5.03 Å². The lowest BCUT2D eigenvalue weighted by atomic mass is 10.2. The maximum absolute atomic E-state index is 11.4. The van der Waals surface area contributed by atoms with Crippen molar-refractivity contribution in [2.24, 2.45) is 0 Å². The van der Waals surface area contributed by atoms with Crippen molar-refractivity contribution in [3.63, 3.8) is 0 Å². The van der Waals surface area contributed by atoms with E-state index < -0.39 is 6.10 Å². The minimum Gasteiger partial charge on any atom is -0.389 e. The van der Waals surface area contributed by atoms with Gasteiger partial charge in [0.15, 0.2) is 5.16 Å². The van der Waals surface area contributed by atoms with Gasteiger partial charge in [-0.05, 0) is 37.2 Å². The van der Waals surface area contributed by atoms with Gasteiger partial charge in [0.25, 0.3) is 0 Å². The zero-order valence-electron chi connectivity index (χ0n) is 10.1. The number of hydrogen-bond acceptors (Lipinski definition) is 5. The maximum atomic E-state index is 11.4. The van der Waals surface area contributed by atoms with Gasteiger partial charge in [-0.3, -0.25) is 4.57 Å². The molecular weight excluding hydrogens is 252 g/mol. The molecule has 0 bridgehead atoms. The van der Waals surface area contributed by atoms with Gasteiger partial charge in [-0.15, -0.1) is 5.10 Å². The minimum absolute atomic E-state index is 0.222. The molecule has 2 heterocycles. The molecule has 0 saturated heterocycles. The van der Waals surface area contributed by atoms with Crippen molar-refractivity contribution >= 4 is 11.8 Å². The molecule has 0 aliphatic heterocycles. The highest BCUT2D eigenvalue weighted by atomic mass is 32.2. The first-order valence-electron chi connectivity index (χ1n) is 5.59. The van der Waals surface area contributed by atoms with Crippen molar-refractivity contribution < 1.29 is 5.11 Å². The number of nitrogens with zero attached hydrogens (tertiary/aromatic N) is 3. The van der Waals surface area contributed by atoms with Gasteiger partial charge in [-0.1, -0.05) is 6.07 Å². The van der Waals surface area contributed by atoms with Crippen molar-refractivity contribution in [3.8, 4) is 0 Å². The summed E-state index contributed by atoms with van der Waals surface area (Å²) in [5.41, 5.74) is 0.537. The largest absolute Gasteiger partial charge is 0.389 e. The minimum atomic E-state index is -0.532. The molecule has 0 radical (unpaired) electrons. The number of H-pyrrole nitrogens is 1. The van der Waals surface area contributed by atoms with Gasteiger partial charge < -0.3 is 5.11 Å². The SMILES string of the molecule is CCn1c(Sc2ccc([C@H](C)O)cn2)n[nH]c1=O. The molecule has 0 spiro atoms. The molecular formula is C11H14N4O2S. The van der Waals surface area contributed by atoms with Gasteiger partial charge in [0, 0.05) is 12.7 Å². The van der Waals surface area contributed by atoms with Crippen molar-refractivity contribution in [3.05, 3.63) is 34.4 Å². The summed E-state index contributed by atoms with van der Waals surface area (Å²) in [5.74, 6) is 0. The fourth-order valence-electron chi connectivity index (χ4n) is 1.45. The molecule has 2 N–H and O–H groups in total. The van der Waals surface area contributed by atoms with Gasteiger partial charge in [0.05, 0.1) is 6.10 Å². The summed E-state index contributed by atoms with van der Waals surface area (Å²) >= 11 is 1.31. The van der Waals surface area contributed by atoms with Crippen LogP contribution in [0.25, 0.3) is 0 Å². The van der Waals surface area contributed by atoms with E-state index in [1.54, 1.807) is 25.3 Å². The fourth-order valence-corrected chi connectivity index (χ4v) is 2.29. The first-order chi connectivity index (χ1) is 8.61. The summed E-state index contributed by atoms with van der Waals surface area (Å²) in [6.45, 7) is 4.13. The molecule has 18 heavy (non-hydrogen) atoms. The third-order valence-corrected chi connectivity index (χ3v) is 3.42. The monoisotopic (exact) mass is 266 g/mol. The van der Waals surface area contributed by atoms with Crippen molar-refractivity contribution in [1.82, 2.24) is 19.7 Å². The zero-order chi connectivity index (χ0) is 13.1. The number of pyridine rings is 1. The van der Waals surface area contributed by atoms with E-state index in [2.05, 4.69) is 15.2 Å². The number of aliphatic hydroxyl groups is 1. The molecule has 6 nitrogen and oxygen atoms in total. The highest BCUT2D eigenvalue weighted by Gasteiger charge is 2.09. The summed E-state index contributed by atoms with van der Waals surface area (Å²) < 4.78 is 1.54. The molecule has 7 heteroatoms. The van der Waals surface area contributed by atoms with E-state index in [1.165, 1.54) is 16.3 Å². The average Bonchev–Trinajstić information content (AvgIpc) is 2.70. The van der Waals surface area contributed by atoms with E-state index in [4.69, 9.17) is 0 Å². The van der Waals surface area contributed by atoms with E-state index in [9.17, 15) is 9.90 Å². The summed E-state index contributed by atoms with van der Waals surface area (Å²) in [7, 11) is 0. The first-order valence-corrected chi connectivity index (χ1v) is 6.40. The lowest BCUT2D eigenvalue weighted by Crippen LogP contribution is -2.16. The van der Waals surface area contributed by atoms with E-state index in [0.29, 0.717) is 11.7 Å². The highest BCUT2D eigenvalue weighted by molar-refractivity contribution is 7.99. The summed E-state index contributed by atoms with van der Waals surface area (Å²) in [6.07, 6.45) is 1.09. The number of hydrogen-bond donors (Lipinski definition) is 2. The van der Waals surface area contributed by atoms with Gasteiger partial charge >= 0.3 is 5.69 Å². The van der Waals surface area contributed by atoms with Crippen molar-refractivity contribution in [2.75, 3.05) is 0 Å². The van der Waals surface area contributed by atoms with Crippen LogP contribution in [0.4, 0.5) is 0 Å². The van der Waals surface area contributed by atoms with Gasteiger partial charge in [0.2, 0.25) is 0 Å². The third-order valence-electron chi connectivity index (χ3n) is 2.48. The standard InChI is InChI=1S/C11H14N4O2S/c1-3-15-10(17)13-14-11(15)18-9-5-4-8(6-12-9)7(2)16/h4-7,16H,3H2,1-2H3,(H,13,17)/t7-/m0/s1. The van der Waals surface area contributed by atoms with Gasteiger partial charge in [-0.2, -0.15) is 0 Å². The van der Waals surface area contributed by atoms with Crippen LogP contribution in [-0.2, 0) is 6.54 Å². The molecule has 2 aromatic heterocycles. The average molecular weight is 266 g/mol. The smallest absolute Gasteiger partial charge is 0.343 e. The van der Waals surface area contributed by atoms with E-state index >= 15 is 0 Å². The maximum Gasteiger partial charge on any atom is 0.343 e. The molecule has 0 aliphatic carbocycles. The number of aromatic amines is 1. The van der Waals surface area contributed by atoms with Crippen molar-refractivity contribution in [2.45, 2.75) is 36.7 Å². The van der Waals surface area contributed by atoms with Crippen LogP contribution < -0.4 is 5.69 Å². The highest BCUT2D eigenvalue weighted by Crippen LogP contribution is 2.23. The normalized spacial score (nSPS) is 12.6. The molecule has 0 aliphatic rings. The molecule has 96 valence electrons.